The average Bonchev–Trinajstić information content (AvgIpc) is 1.63. The molecule has 3 fully saturated rings. The van der Waals surface area contributed by atoms with Crippen molar-refractivity contribution in [3.8, 4) is 11.5 Å². The molecule has 3 N–H and O–H groups in total. The molecule has 11 rings (SSSR count). The summed E-state index contributed by atoms with van der Waals surface area (Å²) in [7, 11) is 0. The molecule has 0 radical (unpaired) electrons. The first-order valence-corrected chi connectivity index (χ1v) is 35.9. The number of rotatable bonds is 22. The molecule has 0 spiro atoms. The summed E-state index contributed by atoms with van der Waals surface area (Å²) in [4.78, 5) is 64.3. The number of carbonyl (C=O) groups excluding carboxylic acids is 3. The van der Waals surface area contributed by atoms with Crippen LogP contribution in [-0.2, 0) is 19.6 Å². The highest BCUT2D eigenvalue weighted by atomic mass is 35.5. The molecular weight excluding hydrogens is 1280 g/mol. The fourth-order valence-corrected chi connectivity index (χ4v) is 14.3. The van der Waals surface area contributed by atoms with Gasteiger partial charge >= 0.3 is 18.1 Å². The number of benzene rings is 7. The van der Waals surface area contributed by atoms with Gasteiger partial charge in [0.25, 0.3) is 5.69 Å². The minimum atomic E-state index is -0.549. The molecule has 0 bridgehead atoms. The molecule has 518 valence electrons. The SMILES string of the molecule is CCCC(C)N1CCC(N(Cc2ccc3c(c2)OCO3)C(=O)Nc2ccc(Cl)c(Cl)c2)CC1.CCCC(C)N1CCC(N(Cc2ccccc2)C(=O)Nc2ccc(Cl)c([N+](=O)[O-])c2)CC1.CCCC(C)N1CCC(N(Cc2ccccc2)C(=O)Nc2ccc3ccccc3c2)CC1. The van der Waals surface area contributed by atoms with E-state index in [4.69, 9.17) is 44.3 Å². The van der Waals surface area contributed by atoms with E-state index in [1.807, 2.05) is 99.6 Å². The van der Waals surface area contributed by atoms with Crippen LogP contribution in [0.15, 0.2) is 158 Å². The Labute approximate surface area is 588 Å². The Bertz CT molecular complexity index is 3660. The van der Waals surface area contributed by atoms with Crippen LogP contribution < -0.4 is 25.4 Å². The Morgan fingerprint density at radius 2 is 0.856 bits per heavy atom. The molecule has 3 unspecified atom stereocenters. The molecule has 20 heteroatoms. The molecule has 7 aromatic carbocycles. The summed E-state index contributed by atoms with van der Waals surface area (Å²) in [5, 5.41) is 23.5. The summed E-state index contributed by atoms with van der Waals surface area (Å²) >= 11 is 18.1. The smallest absolute Gasteiger partial charge is 0.322 e. The normalized spacial score (nSPS) is 16.3. The predicted octanol–water partition coefficient (Wildman–Crippen LogP) is 18.9. The van der Waals surface area contributed by atoms with Gasteiger partial charge in [0.05, 0.1) is 15.0 Å². The van der Waals surface area contributed by atoms with Crippen LogP contribution in [0.2, 0.25) is 15.1 Å². The number of carbonyl (C=O) groups is 3. The zero-order valence-electron chi connectivity index (χ0n) is 57.2. The maximum Gasteiger partial charge on any atom is 0.322 e. The van der Waals surface area contributed by atoms with Gasteiger partial charge in [0.15, 0.2) is 11.5 Å². The van der Waals surface area contributed by atoms with Gasteiger partial charge in [0, 0.05) is 118 Å². The largest absolute Gasteiger partial charge is 0.454 e. The molecule has 97 heavy (non-hydrogen) atoms. The maximum absolute atomic E-state index is 13.5. The van der Waals surface area contributed by atoms with Gasteiger partial charge < -0.3 is 54.8 Å². The molecule has 3 atom stereocenters. The third kappa shape index (κ3) is 21.2. The van der Waals surface area contributed by atoms with Gasteiger partial charge in [-0.15, -0.1) is 0 Å². The number of ether oxygens (including phenoxy) is 2. The molecule has 4 aliphatic rings. The van der Waals surface area contributed by atoms with E-state index in [0.717, 1.165) is 118 Å². The van der Waals surface area contributed by atoms with E-state index in [2.05, 4.69) is 109 Å². The van der Waals surface area contributed by atoms with E-state index in [0.29, 0.717) is 59.2 Å². The van der Waals surface area contributed by atoms with Crippen molar-refractivity contribution in [3.63, 3.8) is 0 Å². The molecule has 0 aliphatic carbocycles. The average molecular weight is 1380 g/mol. The first-order valence-electron chi connectivity index (χ1n) is 34.8. The van der Waals surface area contributed by atoms with Crippen molar-refractivity contribution >= 4 is 86.4 Å². The van der Waals surface area contributed by atoms with E-state index in [1.54, 1.807) is 24.3 Å². The van der Waals surface area contributed by atoms with E-state index in [1.165, 1.54) is 55.2 Å². The van der Waals surface area contributed by atoms with Gasteiger partial charge in [-0.25, -0.2) is 14.4 Å². The monoisotopic (exact) mass is 1380 g/mol. The van der Waals surface area contributed by atoms with Crippen LogP contribution in [0, 0.1) is 10.1 Å². The summed E-state index contributed by atoms with van der Waals surface area (Å²) < 4.78 is 11.0. The number of urea groups is 3. The van der Waals surface area contributed by atoms with Gasteiger partial charge in [0.1, 0.15) is 5.02 Å². The van der Waals surface area contributed by atoms with Crippen molar-refractivity contribution in [1.82, 2.24) is 29.4 Å². The third-order valence-corrected chi connectivity index (χ3v) is 20.4. The van der Waals surface area contributed by atoms with Crippen LogP contribution in [0.5, 0.6) is 11.5 Å². The number of nitro groups is 1. The van der Waals surface area contributed by atoms with E-state index in [-0.39, 0.29) is 53.7 Å². The lowest BCUT2D eigenvalue weighted by Gasteiger charge is -2.40. The Morgan fingerprint density at radius 1 is 0.464 bits per heavy atom. The zero-order chi connectivity index (χ0) is 68.8. The second kappa shape index (κ2) is 36.8. The summed E-state index contributed by atoms with van der Waals surface area (Å²) in [6.45, 7) is 21.4. The molecule has 6 amide bonds. The van der Waals surface area contributed by atoms with Crippen LogP contribution in [-0.4, -0.2) is 135 Å². The van der Waals surface area contributed by atoms with Gasteiger partial charge in [-0.1, -0.05) is 172 Å². The lowest BCUT2D eigenvalue weighted by atomic mass is 10.00. The van der Waals surface area contributed by atoms with Crippen molar-refractivity contribution in [2.24, 2.45) is 0 Å². The summed E-state index contributed by atoms with van der Waals surface area (Å²) in [5.41, 5.74) is 4.83. The minimum Gasteiger partial charge on any atom is -0.454 e. The highest BCUT2D eigenvalue weighted by molar-refractivity contribution is 6.42. The molecule has 7 aromatic rings. The van der Waals surface area contributed by atoms with Crippen LogP contribution >= 0.6 is 34.8 Å². The number of likely N-dealkylation sites (tertiary alicyclic amines) is 3. The molecular formula is C77H97Cl3N10O7. The molecule has 4 heterocycles. The lowest BCUT2D eigenvalue weighted by molar-refractivity contribution is -0.384. The maximum atomic E-state index is 13.5. The Kier molecular flexibility index (Phi) is 27.9. The van der Waals surface area contributed by atoms with Gasteiger partial charge in [-0.2, -0.15) is 0 Å². The lowest BCUT2D eigenvalue weighted by Crippen LogP contribution is -2.50. The number of hydrogen-bond donors (Lipinski definition) is 3. The van der Waals surface area contributed by atoms with Crippen molar-refractivity contribution in [2.45, 2.75) is 174 Å². The molecule has 3 saturated heterocycles. The van der Waals surface area contributed by atoms with Crippen molar-refractivity contribution in [2.75, 3.05) is 62.0 Å². The highest BCUT2D eigenvalue weighted by Crippen LogP contribution is 2.35. The molecule has 0 aromatic heterocycles. The number of anilines is 3. The quantitative estimate of drug-likeness (QED) is 0.0439. The fraction of sp³-hybridized carbons (Fsp3) is 0.442. The molecule has 4 aliphatic heterocycles. The number of nitrogens with zero attached hydrogens (tertiary/aromatic N) is 7. The van der Waals surface area contributed by atoms with Crippen LogP contribution in [0.25, 0.3) is 10.8 Å². The van der Waals surface area contributed by atoms with Crippen molar-refractivity contribution < 1.29 is 28.8 Å². The highest BCUT2D eigenvalue weighted by Gasteiger charge is 2.34. The van der Waals surface area contributed by atoms with Gasteiger partial charge in [-0.3, -0.25) is 10.1 Å². The fourth-order valence-electron chi connectivity index (χ4n) is 13.8. The number of nitrogens with one attached hydrogen (secondary N) is 3. The Hall–Kier alpha value is -7.64. The predicted molar refractivity (Wildman–Crippen MR) is 395 cm³/mol. The summed E-state index contributed by atoms with van der Waals surface area (Å²) in [6.07, 6.45) is 12.9. The van der Waals surface area contributed by atoms with E-state index < -0.39 is 4.92 Å². The van der Waals surface area contributed by atoms with Crippen LogP contribution in [0.1, 0.15) is 135 Å². The van der Waals surface area contributed by atoms with Crippen LogP contribution in [0.3, 0.4) is 0 Å². The van der Waals surface area contributed by atoms with Gasteiger partial charge in [-0.05, 0) is 161 Å². The summed E-state index contributed by atoms with van der Waals surface area (Å²) in [6, 6.07) is 51.7. The minimum absolute atomic E-state index is 0.0100. The molecule has 17 nitrogen and oxygen atoms in total. The summed E-state index contributed by atoms with van der Waals surface area (Å²) in [5.74, 6) is 1.46. The Morgan fingerprint density at radius 3 is 1.30 bits per heavy atom. The number of nitro benzene ring substituents is 1. The number of piperidine rings is 3. The van der Waals surface area contributed by atoms with Crippen LogP contribution in [0.4, 0.5) is 37.1 Å². The van der Waals surface area contributed by atoms with Gasteiger partial charge in [0.2, 0.25) is 6.79 Å². The van der Waals surface area contributed by atoms with E-state index >= 15 is 0 Å². The van der Waals surface area contributed by atoms with Crippen molar-refractivity contribution in [1.29, 1.82) is 0 Å². The standard InChI is InChI=1S/C28H35N3O.C25H31Cl2N3O3.C24H31ClN4O3/c1-3-9-22(2)30-18-16-27(17-19-30)31(21-23-10-5-4-6-11-23)28(32)29-26-15-14-24-12-7-8-13-25(24)20-26;1-3-4-17(2)29-11-9-20(10-12-29)30(15-18-5-8-23-24(13-18)33-16-32-23)25(31)28-19-6-7-21(26)22(27)14-19;1-3-7-18(2)27-14-12-21(13-15-27)28(17-19-8-5-4-6-9-19)24(30)26-20-10-11-22(25)23(16-20)29(31)32/h4-8,10-15,20,22,27H,3,9,16-19,21H2,1-2H3,(H,29,32);5-8,13-14,17,20H,3-4,9-12,15-16H2,1-2H3,(H,28,31);4-6,8-11,16,18,21H,3,7,12-15,17H2,1-2H3,(H,26,30). The van der Waals surface area contributed by atoms with E-state index in [9.17, 15) is 24.5 Å². The number of amides is 6. The number of hydrogen-bond acceptors (Lipinski definition) is 10. The zero-order valence-corrected chi connectivity index (χ0v) is 59.4. The second-order valence-electron chi connectivity index (χ2n) is 26.2. The first kappa shape index (κ1) is 73.6. The number of fused-ring (bicyclic) bond motifs is 2. The topological polar surface area (TPSA) is 168 Å². The van der Waals surface area contributed by atoms with Crippen molar-refractivity contribution in [3.05, 3.63) is 200 Å². The first-order chi connectivity index (χ1) is 47.0. The number of halogens is 3. The molecule has 0 saturated carbocycles. The second-order valence-corrected chi connectivity index (χ2v) is 27.4. The third-order valence-electron chi connectivity index (χ3n) is 19.3. The Balaban J connectivity index is 0.000000171.